The van der Waals surface area contributed by atoms with Crippen LogP contribution in [0, 0.1) is 5.92 Å². The number of carbonyl (C=O) groups excluding carboxylic acids is 1. The number of nitrogens with zero attached hydrogens (tertiary/aromatic N) is 1. The summed E-state index contributed by atoms with van der Waals surface area (Å²) >= 11 is 2.48. The molecule has 2 aliphatic heterocycles. The highest BCUT2D eigenvalue weighted by Crippen LogP contribution is 2.52. The molecule has 0 N–H and O–H groups in total. The maximum absolute atomic E-state index is 12.6. The highest BCUT2D eigenvalue weighted by Gasteiger charge is 2.59. The van der Waals surface area contributed by atoms with Crippen molar-refractivity contribution in [3.8, 4) is 0 Å². The number of piperidine rings is 1. The summed E-state index contributed by atoms with van der Waals surface area (Å²) in [7, 11) is 1.51. The first-order valence-electron chi connectivity index (χ1n) is 9.75. The Morgan fingerprint density at radius 2 is 2.12 bits per heavy atom. The zero-order valence-electron chi connectivity index (χ0n) is 15.8. The van der Waals surface area contributed by atoms with Gasteiger partial charge in [0, 0.05) is 16.4 Å². The van der Waals surface area contributed by atoms with Gasteiger partial charge in [0.05, 0.1) is 25.4 Å². The van der Waals surface area contributed by atoms with Gasteiger partial charge in [-0.25, -0.2) is 4.79 Å². The van der Waals surface area contributed by atoms with Crippen molar-refractivity contribution >= 4 is 28.7 Å². The van der Waals surface area contributed by atoms with E-state index < -0.39 is 0 Å². The summed E-state index contributed by atoms with van der Waals surface area (Å²) in [4.78, 5) is 14.7. The third kappa shape index (κ3) is 3.75. The van der Waals surface area contributed by atoms with Gasteiger partial charge in [0.25, 0.3) is 0 Å². The number of unbranched alkanes of at least 4 members (excludes halogenated alkanes) is 1. The maximum atomic E-state index is 12.6. The molecule has 4 nitrogen and oxygen atoms in total. The van der Waals surface area contributed by atoms with Gasteiger partial charge in [-0.2, -0.15) is 0 Å². The number of fused-ring (bicyclic) bond motifs is 2. The summed E-state index contributed by atoms with van der Waals surface area (Å²) in [5.74, 6) is 0.358. The van der Waals surface area contributed by atoms with Gasteiger partial charge >= 0.3 is 6.09 Å². The van der Waals surface area contributed by atoms with Gasteiger partial charge in [-0.15, -0.1) is 0 Å². The Labute approximate surface area is 170 Å². The van der Waals surface area contributed by atoms with E-state index in [-0.39, 0.29) is 23.8 Å². The SMILES string of the molecule is CCCC[C@@]12CC[C@@H](C[C@@H](OCc3ccccc3)[C@@H]1CI)N2C(=O)OC. The molecule has 2 saturated heterocycles. The predicted octanol–water partition coefficient (Wildman–Crippen LogP) is 5.19. The summed E-state index contributed by atoms with van der Waals surface area (Å²) in [6, 6.07) is 10.6. The van der Waals surface area contributed by atoms with Crippen molar-refractivity contribution in [2.75, 3.05) is 11.5 Å². The van der Waals surface area contributed by atoms with Gasteiger partial charge in [0.2, 0.25) is 0 Å². The molecule has 26 heavy (non-hydrogen) atoms. The number of ether oxygens (including phenoxy) is 2. The zero-order chi connectivity index (χ0) is 18.6. The average molecular weight is 471 g/mol. The van der Waals surface area contributed by atoms with Crippen LogP contribution in [0.4, 0.5) is 4.79 Å². The fourth-order valence-electron chi connectivity index (χ4n) is 4.94. The molecule has 0 aliphatic carbocycles. The van der Waals surface area contributed by atoms with Crippen LogP contribution in [0.3, 0.4) is 0 Å². The maximum Gasteiger partial charge on any atom is 0.410 e. The van der Waals surface area contributed by atoms with E-state index >= 15 is 0 Å². The molecule has 0 saturated carbocycles. The van der Waals surface area contributed by atoms with Crippen LogP contribution in [-0.4, -0.2) is 40.2 Å². The third-order valence-corrected chi connectivity index (χ3v) is 7.16. The molecule has 0 spiro atoms. The van der Waals surface area contributed by atoms with Crippen LogP contribution in [0.5, 0.6) is 0 Å². The molecule has 2 heterocycles. The third-order valence-electron chi connectivity index (χ3n) is 6.21. The van der Waals surface area contributed by atoms with Crippen LogP contribution in [0.15, 0.2) is 30.3 Å². The summed E-state index contributed by atoms with van der Waals surface area (Å²) in [5, 5.41) is 0. The molecule has 0 aromatic heterocycles. The topological polar surface area (TPSA) is 38.8 Å². The van der Waals surface area contributed by atoms with Gasteiger partial charge < -0.3 is 9.47 Å². The molecule has 0 radical (unpaired) electrons. The molecule has 1 aromatic carbocycles. The van der Waals surface area contributed by atoms with E-state index in [0.29, 0.717) is 12.5 Å². The Hall–Kier alpha value is -0.820. The van der Waals surface area contributed by atoms with Crippen LogP contribution in [0.25, 0.3) is 0 Å². The number of methoxy groups -OCH3 is 1. The van der Waals surface area contributed by atoms with Crippen molar-refractivity contribution in [2.45, 2.75) is 69.7 Å². The highest BCUT2D eigenvalue weighted by atomic mass is 127. The second kappa shape index (κ2) is 8.91. The van der Waals surface area contributed by atoms with E-state index in [2.05, 4.69) is 58.7 Å². The Balaban J connectivity index is 1.82. The second-order valence-corrected chi connectivity index (χ2v) is 8.45. The molecule has 2 fully saturated rings. The van der Waals surface area contributed by atoms with E-state index in [1.807, 2.05) is 6.07 Å². The molecule has 4 atom stereocenters. The fourth-order valence-corrected chi connectivity index (χ4v) is 6.33. The monoisotopic (exact) mass is 471 g/mol. The van der Waals surface area contributed by atoms with E-state index in [9.17, 15) is 4.79 Å². The largest absolute Gasteiger partial charge is 0.453 e. The Morgan fingerprint density at radius 1 is 1.35 bits per heavy atom. The minimum atomic E-state index is -0.153. The van der Waals surface area contributed by atoms with Crippen molar-refractivity contribution in [3.05, 3.63) is 35.9 Å². The first-order valence-corrected chi connectivity index (χ1v) is 11.3. The number of benzene rings is 1. The van der Waals surface area contributed by atoms with Crippen molar-refractivity contribution in [3.63, 3.8) is 0 Å². The molecule has 2 aliphatic rings. The predicted molar refractivity (Wildman–Crippen MR) is 112 cm³/mol. The number of halogens is 1. The molecule has 144 valence electrons. The van der Waals surface area contributed by atoms with E-state index in [4.69, 9.17) is 9.47 Å². The van der Waals surface area contributed by atoms with Gasteiger partial charge in [0.1, 0.15) is 0 Å². The van der Waals surface area contributed by atoms with Crippen molar-refractivity contribution in [1.29, 1.82) is 0 Å². The molecular formula is C21H30INO3. The lowest BCUT2D eigenvalue weighted by molar-refractivity contribution is -0.0950. The van der Waals surface area contributed by atoms with Crippen molar-refractivity contribution in [2.24, 2.45) is 5.92 Å². The average Bonchev–Trinajstić information content (AvgIpc) is 2.96. The lowest BCUT2D eigenvalue weighted by Gasteiger charge is -2.52. The molecule has 3 rings (SSSR count). The Morgan fingerprint density at radius 3 is 2.77 bits per heavy atom. The lowest BCUT2D eigenvalue weighted by atomic mass is 9.74. The molecule has 5 heteroatoms. The molecule has 1 amide bonds. The van der Waals surface area contributed by atoms with Gasteiger partial charge in [-0.1, -0.05) is 72.7 Å². The van der Waals surface area contributed by atoms with Crippen LogP contribution < -0.4 is 0 Å². The first-order chi connectivity index (χ1) is 12.7. The molecular weight excluding hydrogens is 441 g/mol. The lowest BCUT2D eigenvalue weighted by Crippen LogP contribution is -2.63. The normalized spacial score (nSPS) is 30.4. The minimum absolute atomic E-state index is 0.103. The van der Waals surface area contributed by atoms with E-state index in [0.717, 1.165) is 43.0 Å². The number of alkyl halides is 1. The highest BCUT2D eigenvalue weighted by molar-refractivity contribution is 14.1. The van der Waals surface area contributed by atoms with Gasteiger partial charge in [0.15, 0.2) is 0 Å². The standard InChI is InChI=1S/C21H30INO3/c1-3-4-11-21-12-10-17(23(21)20(24)25-2)13-19(18(21)14-22)26-15-16-8-6-5-7-9-16/h5-9,17-19H,3-4,10-15H2,1-2H3/t17-,18-,19+,21+/m0/s1. The van der Waals surface area contributed by atoms with Crippen molar-refractivity contribution < 1.29 is 14.3 Å². The number of rotatable bonds is 7. The molecule has 1 aromatic rings. The van der Waals surface area contributed by atoms with Crippen LogP contribution >= 0.6 is 22.6 Å². The number of carbonyl (C=O) groups is 1. The zero-order valence-corrected chi connectivity index (χ0v) is 18.0. The Kier molecular flexibility index (Phi) is 6.83. The summed E-state index contributed by atoms with van der Waals surface area (Å²) in [6.07, 6.45) is 6.45. The van der Waals surface area contributed by atoms with Crippen LogP contribution in [0.2, 0.25) is 0 Å². The number of hydrogen-bond donors (Lipinski definition) is 0. The van der Waals surface area contributed by atoms with E-state index in [1.54, 1.807) is 0 Å². The summed E-state index contributed by atoms with van der Waals surface area (Å²) in [5.41, 5.74) is 1.11. The molecule has 0 unspecified atom stereocenters. The smallest absolute Gasteiger partial charge is 0.410 e. The quantitative estimate of drug-likeness (QED) is 0.406. The summed E-state index contributed by atoms with van der Waals surface area (Å²) < 4.78 is 12.6. The van der Waals surface area contributed by atoms with Crippen molar-refractivity contribution in [1.82, 2.24) is 4.90 Å². The minimum Gasteiger partial charge on any atom is -0.453 e. The Bertz CT molecular complexity index is 596. The van der Waals surface area contributed by atoms with Crippen LogP contribution in [-0.2, 0) is 16.1 Å². The van der Waals surface area contributed by atoms with Gasteiger partial charge in [-0.05, 0) is 31.2 Å². The fraction of sp³-hybridized carbons (Fsp3) is 0.667. The first kappa shape index (κ1) is 19.9. The molecule has 2 bridgehead atoms. The van der Waals surface area contributed by atoms with Gasteiger partial charge in [-0.3, -0.25) is 4.90 Å². The summed E-state index contributed by atoms with van der Waals surface area (Å²) in [6.45, 7) is 2.87. The number of hydrogen-bond acceptors (Lipinski definition) is 3. The van der Waals surface area contributed by atoms with Crippen LogP contribution in [0.1, 0.15) is 51.0 Å². The van der Waals surface area contributed by atoms with E-state index in [1.165, 1.54) is 12.7 Å². The number of amides is 1. The second-order valence-electron chi connectivity index (χ2n) is 7.57.